The fourth-order valence-electron chi connectivity index (χ4n) is 3.42. The van der Waals surface area contributed by atoms with Gasteiger partial charge in [-0.05, 0) is 31.0 Å². The molecule has 0 radical (unpaired) electrons. The van der Waals surface area contributed by atoms with Gasteiger partial charge in [0.05, 0.1) is 0 Å². The fourth-order valence-corrected chi connectivity index (χ4v) is 3.42. The third-order valence-corrected chi connectivity index (χ3v) is 4.88. The number of hydrogen-bond acceptors (Lipinski definition) is 8. The Hall–Kier alpha value is -2.81. The number of ether oxygens (including phenoxy) is 1. The molecule has 1 fully saturated rings. The first-order chi connectivity index (χ1) is 13.2. The lowest BCUT2D eigenvalue weighted by Crippen LogP contribution is -2.34. The van der Waals surface area contributed by atoms with Crippen molar-refractivity contribution in [1.29, 1.82) is 0 Å². The molecular formula is C18H24N8O. The maximum atomic E-state index is 5.13. The Morgan fingerprint density at radius 1 is 1.15 bits per heavy atom. The zero-order valence-electron chi connectivity index (χ0n) is 15.9. The van der Waals surface area contributed by atoms with E-state index in [2.05, 4.69) is 30.2 Å². The molecule has 0 atom stereocenters. The Balaban J connectivity index is 1.50. The molecule has 3 aromatic rings. The number of piperidine rings is 1. The molecule has 0 N–H and O–H groups in total. The molecule has 9 nitrogen and oxygen atoms in total. The van der Waals surface area contributed by atoms with Gasteiger partial charge in [-0.2, -0.15) is 4.52 Å². The van der Waals surface area contributed by atoms with Crippen LogP contribution in [0.2, 0.25) is 0 Å². The van der Waals surface area contributed by atoms with E-state index >= 15 is 0 Å². The molecule has 0 aliphatic carbocycles. The number of nitrogens with zero attached hydrogens (tertiary/aromatic N) is 8. The normalized spacial score (nSPS) is 15.4. The van der Waals surface area contributed by atoms with Crippen molar-refractivity contribution >= 4 is 17.3 Å². The van der Waals surface area contributed by atoms with Crippen LogP contribution in [0.4, 0.5) is 11.6 Å². The summed E-state index contributed by atoms with van der Waals surface area (Å²) in [5.41, 5.74) is 0.790. The first kappa shape index (κ1) is 17.6. The van der Waals surface area contributed by atoms with Crippen LogP contribution >= 0.6 is 0 Å². The molecule has 0 bridgehead atoms. The number of rotatable bonds is 5. The van der Waals surface area contributed by atoms with Gasteiger partial charge >= 0.3 is 0 Å². The summed E-state index contributed by atoms with van der Waals surface area (Å²) in [6.45, 7) is 2.25. The van der Waals surface area contributed by atoms with Crippen LogP contribution in [0.1, 0.15) is 30.4 Å². The molecule has 9 heteroatoms. The highest BCUT2D eigenvalue weighted by Gasteiger charge is 2.26. The van der Waals surface area contributed by atoms with Gasteiger partial charge < -0.3 is 14.5 Å². The maximum Gasteiger partial charge on any atom is 0.178 e. The van der Waals surface area contributed by atoms with E-state index < -0.39 is 0 Å². The topological polar surface area (TPSA) is 84.6 Å². The summed E-state index contributed by atoms with van der Waals surface area (Å²) in [5.74, 6) is 3.83. The van der Waals surface area contributed by atoms with Crippen molar-refractivity contribution in [3.8, 4) is 0 Å². The van der Waals surface area contributed by atoms with Gasteiger partial charge in [-0.1, -0.05) is 0 Å². The predicted molar refractivity (Wildman–Crippen MR) is 102 cm³/mol. The van der Waals surface area contributed by atoms with Crippen LogP contribution in [0.25, 0.3) is 5.65 Å². The highest BCUT2D eigenvalue weighted by atomic mass is 16.5. The monoisotopic (exact) mass is 368 g/mol. The Kier molecular flexibility index (Phi) is 4.85. The van der Waals surface area contributed by atoms with Gasteiger partial charge in [-0.15, -0.1) is 15.3 Å². The van der Waals surface area contributed by atoms with E-state index in [1.54, 1.807) is 13.3 Å². The van der Waals surface area contributed by atoms with E-state index in [4.69, 9.17) is 4.74 Å². The van der Waals surface area contributed by atoms with Gasteiger partial charge in [0, 0.05) is 46.4 Å². The van der Waals surface area contributed by atoms with Crippen molar-refractivity contribution in [2.45, 2.75) is 25.4 Å². The molecule has 4 rings (SSSR count). The molecule has 0 unspecified atom stereocenters. The lowest BCUT2D eigenvalue weighted by molar-refractivity contribution is 0.178. The first-order valence-electron chi connectivity index (χ1n) is 9.11. The molecule has 1 aliphatic heterocycles. The van der Waals surface area contributed by atoms with Crippen molar-refractivity contribution in [3.63, 3.8) is 0 Å². The van der Waals surface area contributed by atoms with Gasteiger partial charge in [-0.3, -0.25) is 0 Å². The van der Waals surface area contributed by atoms with Crippen LogP contribution < -0.4 is 9.80 Å². The number of aromatic nitrogens is 6. The summed E-state index contributed by atoms with van der Waals surface area (Å²) >= 11 is 0. The highest BCUT2D eigenvalue weighted by Crippen LogP contribution is 2.29. The minimum atomic E-state index is 0.335. The van der Waals surface area contributed by atoms with E-state index in [-0.39, 0.29) is 0 Å². The summed E-state index contributed by atoms with van der Waals surface area (Å²) in [4.78, 5) is 13.1. The van der Waals surface area contributed by atoms with Crippen LogP contribution in [0.5, 0.6) is 0 Å². The van der Waals surface area contributed by atoms with Crippen molar-refractivity contribution in [2.24, 2.45) is 0 Å². The highest BCUT2D eigenvalue weighted by molar-refractivity contribution is 5.45. The average Bonchev–Trinajstić information content (AvgIpc) is 3.12. The molecular weight excluding hydrogens is 344 g/mol. The van der Waals surface area contributed by atoms with Crippen LogP contribution in [0, 0.1) is 0 Å². The van der Waals surface area contributed by atoms with E-state index in [0.29, 0.717) is 18.3 Å². The van der Waals surface area contributed by atoms with Crippen LogP contribution in [0.15, 0.2) is 24.4 Å². The lowest BCUT2D eigenvalue weighted by Gasteiger charge is -2.32. The van der Waals surface area contributed by atoms with Crippen molar-refractivity contribution < 1.29 is 4.74 Å². The van der Waals surface area contributed by atoms with Gasteiger partial charge in [0.2, 0.25) is 0 Å². The molecule has 0 saturated carbocycles. The summed E-state index contributed by atoms with van der Waals surface area (Å²) in [6.07, 6.45) is 3.76. The zero-order chi connectivity index (χ0) is 18.8. The standard InChI is InChI=1S/C18H24N8O/c1-24(2)17-5-4-16-21-22-18(26(16)23-17)13-7-10-25(11-8-13)15-6-9-19-14(20-15)12-27-3/h4-6,9,13H,7-8,10-12H2,1-3H3. The largest absolute Gasteiger partial charge is 0.377 e. The number of fused-ring (bicyclic) bond motifs is 1. The molecule has 3 aromatic heterocycles. The van der Waals surface area contributed by atoms with Gasteiger partial charge in [0.25, 0.3) is 0 Å². The Morgan fingerprint density at radius 2 is 1.96 bits per heavy atom. The van der Waals surface area contributed by atoms with Gasteiger partial charge in [0.1, 0.15) is 18.2 Å². The fraction of sp³-hybridized carbons (Fsp3) is 0.500. The summed E-state index contributed by atoms with van der Waals surface area (Å²) < 4.78 is 7.02. The van der Waals surface area contributed by atoms with Gasteiger partial charge in [0.15, 0.2) is 17.3 Å². The Labute approximate surface area is 158 Å². The molecule has 0 spiro atoms. The molecule has 142 valence electrons. The SMILES string of the molecule is COCc1nccc(N2CCC(c3nnc4ccc(N(C)C)nn34)CC2)n1. The molecule has 4 heterocycles. The second-order valence-electron chi connectivity index (χ2n) is 6.94. The number of hydrogen-bond donors (Lipinski definition) is 0. The maximum absolute atomic E-state index is 5.13. The van der Waals surface area contributed by atoms with E-state index in [9.17, 15) is 0 Å². The zero-order valence-corrected chi connectivity index (χ0v) is 15.9. The minimum absolute atomic E-state index is 0.335. The Bertz CT molecular complexity index is 917. The molecule has 0 amide bonds. The molecule has 1 saturated heterocycles. The molecule has 0 aromatic carbocycles. The summed E-state index contributed by atoms with van der Waals surface area (Å²) in [6, 6.07) is 5.88. The molecule has 27 heavy (non-hydrogen) atoms. The van der Waals surface area contributed by atoms with Crippen molar-refractivity contribution in [2.75, 3.05) is 44.1 Å². The number of anilines is 2. The summed E-state index contributed by atoms with van der Waals surface area (Å²) in [7, 11) is 5.62. The van der Waals surface area contributed by atoms with E-state index in [0.717, 1.165) is 49.0 Å². The van der Waals surface area contributed by atoms with Gasteiger partial charge in [-0.25, -0.2) is 9.97 Å². The van der Waals surface area contributed by atoms with Crippen molar-refractivity contribution in [1.82, 2.24) is 29.8 Å². The lowest BCUT2D eigenvalue weighted by atomic mass is 9.96. The predicted octanol–water partition coefficient (Wildman–Crippen LogP) is 1.51. The van der Waals surface area contributed by atoms with Crippen LogP contribution in [-0.4, -0.2) is 64.1 Å². The summed E-state index contributed by atoms with van der Waals surface area (Å²) in [5, 5.41) is 13.4. The van der Waals surface area contributed by atoms with Crippen LogP contribution in [-0.2, 0) is 11.3 Å². The third kappa shape index (κ3) is 3.55. The smallest absolute Gasteiger partial charge is 0.178 e. The number of methoxy groups -OCH3 is 1. The second-order valence-corrected chi connectivity index (χ2v) is 6.94. The molecule has 1 aliphatic rings. The average molecular weight is 368 g/mol. The first-order valence-corrected chi connectivity index (χ1v) is 9.11. The quantitative estimate of drug-likeness (QED) is 0.670. The van der Waals surface area contributed by atoms with Crippen molar-refractivity contribution in [3.05, 3.63) is 36.0 Å². The van der Waals surface area contributed by atoms with E-state index in [1.165, 1.54) is 0 Å². The Morgan fingerprint density at radius 3 is 2.70 bits per heavy atom. The third-order valence-electron chi connectivity index (χ3n) is 4.88. The second kappa shape index (κ2) is 7.43. The van der Waals surface area contributed by atoms with E-state index in [1.807, 2.05) is 41.7 Å². The minimum Gasteiger partial charge on any atom is -0.377 e. The van der Waals surface area contributed by atoms with Crippen LogP contribution in [0.3, 0.4) is 0 Å².